The summed E-state index contributed by atoms with van der Waals surface area (Å²) in [5.74, 6) is -2.22. The van der Waals surface area contributed by atoms with Gasteiger partial charge in [-0.15, -0.1) is 0 Å². The molecular weight excluding hydrogens is 286 g/mol. The Morgan fingerprint density at radius 2 is 2.25 bits per heavy atom. The van der Waals surface area contributed by atoms with Crippen LogP contribution in [-0.4, -0.2) is 28.7 Å². The van der Waals surface area contributed by atoms with E-state index in [9.17, 15) is 8.78 Å². The maximum absolute atomic E-state index is 13.8. The SMILES string of the molecule is CC(F)(F)c1cccc2c(Cl)nn(CC3=NCCN3)c12. The molecule has 0 saturated heterocycles. The van der Waals surface area contributed by atoms with Crippen LogP contribution in [0.5, 0.6) is 0 Å². The summed E-state index contributed by atoms with van der Waals surface area (Å²) in [7, 11) is 0. The minimum atomic E-state index is -2.95. The van der Waals surface area contributed by atoms with Crippen molar-refractivity contribution in [2.75, 3.05) is 13.1 Å². The number of benzene rings is 1. The lowest BCUT2D eigenvalue weighted by molar-refractivity contribution is 0.0187. The van der Waals surface area contributed by atoms with Gasteiger partial charge in [0.25, 0.3) is 5.92 Å². The third-order valence-electron chi connectivity index (χ3n) is 3.24. The minimum Gasteiger partial charge on any atom is -0.370 e. The Bertz CT molecular complexity index is 687. The molecule has 7 heteroatoms. The molecule has 4 nitrogen and oxygen atoms in total. The number of aromatic nitrogens is 2. The number of para-hydroxylation sites is 1. The van der Waals surface area contributed by atoms with Crippen molar-refractivity contribution in [1.29, 1.82) is 0 Å². The van der Waals surface area contributed by atoms with Gasteiger partial charge in [0, 0.05) is 24.4 Å². The standard InChI is InChI=1S/C13H13ClF2N4/c1-13(15,16)9-4-2-3-8-11(9)20(19-12(8)14)7-10-17-5-6-18-10/h2-4H,5-7H2,1H3,(H,17,18). The summed E-state index contributed by atoms with van der Waals surface area (Å²) in [6.45, 7) is 2.65. The van der Waals surface area contributed by atoms with Crippen LogP contribution in [0, 0.1) is 0 Å². The molecular formula is C13H13ClF2N4. The quantitative estimate of drug-likeness (QED) is 0.947. The summed E-state index contributed by atoms with van der Waals surface area (Å²) in [5, 5.41) is 8.01. The number of nitrogens with zero attached hydrogens (tertiary/aromatic N) is 3. The molecule has 1 aliphatic rings. The fourth-order valence-corrected chi connectivity index (χ4v) is 2.61. The van der Waals surface area contributed by atoms with Gasteiger partial charge in [0.05, 0.1) is 18.6 Å². The predicted molar refractivity (Wildman–Crippen MR) is 74.6 cm³/mol. The number of hydrogen-bond acceptors (Lipinski definition) is 3. The molecule has 0 amide bonds. The summed E-state index contributed by atoms with van der Waals surface area (Å²) in [4.78, 5) is 4.25. The van der Waals surface area contributed by atoms with E-state index in [1.54, 1.807) is 12.1 Å². The van der Waals surface area contributed by atoms with Crippen molar-refractivity contribution in [3.05, 3.63) is 28.9 Å². The first kappa shape index (κ1) is 13.3. The lowest BCUT2D eigenvalue weighted by atomic mass is 10.1. The van der Waals surface area contributed by atoms with Gasteiger partial charge in [-0.05, 0) is 6.07 Å². The van der Waals surface area contributed by atoms with E-state index in [4.69, 9.17) is 11.6 Å². The second kappa shape index (κ2) is 4.70. The molecule has 106 valence electrons. The molecule has 0 bridgehead atoms. The van der Waals surface area contributed by atoms with Gasteiger partial charge < -0.3 is 5.32 Å². The lowest BCUT2D eigenvalue weighted by Crippen LogP contribution is -2.24. The molecule has 0 atom stereocenters. The van der Waals surface area contributed by atoms with Crippen LogP contribution >= 0.6 is 11.6 Å². The second-order valence-electron chi connectivity index (χ2n) is 4.79. The van der Waals surface area contributed by atoms with E-state index in [0.717, 1.165) is 19.3 Å². The van der Waals surface area contributed by atoms with E-state index < -0.39 is 5.92 Å². The molecule has 0 aliphatic carbocycles. The maximum atomic E-state index is 13.8. The first-order valence-electron chi connectivity index (χ1n) is 6.27. The van der Waals surface area contributed by atoms with Crippen LogP contribution in [0.2, 0.25) is 5.15 Å². The lowest BCUT2D eigenvalue weighted by Gasteiger charge is -2.14. The molecule has 2 heterocycles. The third-order valence-corrected chi connectivity index (χ3v) is 3.52. The zero-order valence-electron chi connectivity index (χ0n) is 10.8. The highest BCUT2D eigenvalue weighted by Crippen LogP contribution is 2.35. The normalized spacial score (nSPS) is 15.5. The zero-order valence-corrected chi connectivity index (χ0v) is 11.6. The third kappa shape index (κ3) is 2.24. The highest BCUT2D eigenvalue weighted by atomic mass is 35.5. The van der Waals surface area contributed by atoms with Crippen molar-refractivity contribution in [1.82, 2.24) is 15.1 Å². The van der Waals surface area contributed by atoms with Gasteiger partial charge in [0.2, 0.25) is 0 Å². The number of nitrogens with one attached hydrogen (secondary N) is 1. The molecule has 1 N–H and O–H groups in total. The zero-order chi connectivity index (χ0) is 14.3. The van der Waals surface area contributed by atoms with Gasteiger partial charge in [-0.2, -0.15) is 5.10 Å². The predicted octanol–water partition coefficient (Wildman–Crippen LogP) is 2.80. The average molecular weight is 299 g/mol. The second-order valence-corrected chi connectivity index (χ2v) is 5.15. The smallest absolute Gasteiger partial charge is 0.272 e. The van der Waals surface area contributed by atoms with Crippen LogP contribution in [0.4, 0.5) is 8.78 Å². The molecule has 20 heavy (non-hydrogen) atoms. The molecule has 3 rings (SSSR count). The topological polar surface area (TPSA) is 42.2 Å². The van der Waals surface area contributed by atoms with Crippen molar-refractivity contribution < 1.29 is 8.78 Å². The molecule has 0 saturated carbocycles. The molecule has 2 aromatic rings. The van der Waals surface area contributed by atoms with Gasteiger partial charge in [0.1, 0.15) is 5.84 Å². The summed E-state index contributed by atoms with van der Waals surface area (Å²) in [5.41, 5.74) is 0.286. The summed E-state index contributed by atoms with van der Waals surface area (Å²) >= 11 is 6.05. The van der Waals surface area contributed by atoms with Crippen LogP contribution in [0.1, 0.15) is 12.5 Å². The van der Waals surface area contributed by atoms with E-state index in [2.05, 4.69) is 15.4 Å². The van der Waals surface area contributed by atoms with Gasteiger partial charge in [-0.1, -0.05) is 23.7 Å². The van der Waals surface area contributed by atoms with Crippen LogP contribution in [-0.2, 0) is 12.5 Å². The number of rotatable bonds is 3. The van der Waals surface area contributed by atoms with Crippen molar-refractivity contribution in [2.45, 2.75) is 19.4 Å². The van der Waals surface area contributed by atoms with Crippen molar-refractivity contribution >= 4 is 28.3 Å². The molecule has 1 aliphatic heterocycles. The van der Waals surface area contributed by atoms with Gasteiger partial charge in [-0.25, -0.2) is 8.78 Å². The number of fused-ring (bicyclic) bond motifs is 1. The maximum Gasteiger partial charge on any atom is 0.272 e. The Balaban J connectivity index is 2.16. The van der Waals surface area contributed by atoms with Crippen molar-refractivity contribution in [2.24, 2.45) is 4.99 Å². The Morgan fingerprint density at radius 3 is 2.90 bits per heavy atom. The average Bonchev–Trinajstić information content (AvgIpc) is 2.98. The number of aliphatic imine (C=N–C) groups is 1. The summed E-state index contributed by atoms with van der Waals surface area (Å²) < 4.78 is 29.0. The molecule has 0 radical (unpaired) electrons. The van der Waals surface area contributed by atoms with Crippen LogP contribution in [0.15, 0.2) is 23.2 Å². The van der Waals surface area contributed by atoms with Crippen molar-refractivity contribution in [3.8, 4) is 0 Å². The Hall–Kier alpha value is -1.69. The van der Waals surface area contributed by atoms with Gasteiger partial charge in [0.15, 0.2) is 5.15 Å². The number of alkyl halides is 2. The summed E-state index contributed by atoms with van der Waals surface area (Å²) in [6, 6.07) is 4.67. The first-order valence-corrected chi connectivity index (χ1v) is 6.65. The minimum absolute atomic E-state index is 0.0759. The number of amidine groups is 1. The number of hydrogen-bond donors (Lipinski definition) is 1. The fraction of sp³-hybridized carbons (Fsp3) is 0.385. The Morgan fingerprint density at radius 1 is 1.45 bits per heavy atom. The molecule has 1 aromatic carbocycles. The van der Waals surface area contributed by atoms with E-state index in [1.807, 2.05) is 0 Å². The van der Waals surface area contributed by atoms with Crippen LogP contribution in [0.25, 0.3) is 10.9 Å². The van der Waals surface area contributed by atoms with Gasteiger partial charge >= 0.3 is 0 Å². The Labute approximate surface area is 119 Å². The molecule has 0 spiro atoms. The number of halogens is 3. The van der Waals surface area contributed by atoms with E-state index in [0.29, 0.717) is 24.0 Å². The highest BCUT2D eigenvalue weighted by Gasteiger charge is 2.29. The van der Waals surface area contributed by atoms with Crippen LogP contribution < -0.4 is 5.32 Å². The molecule has 1 aromatic heterocycles. The highest BCUT2D eigenvalue weighted by molar-refractivity contribution is 6.34. The monoisotopic (exact) mass is 298 g/mol. The van der Waals surface area contributed by atoms with Gasteiger partial charge in [-0.3, -0.25) is 9.67 Å². The van der Waals surface area contributed by atoms with Crippen molar-refractivity contribution in [3.63, 3.8) is 0 Å². The fourth-order valence-electron chi connectivity index (χ4n) is 2.36. The van der Waals surface area contributed by atoms with E-state index in [-0.39, 0.29) is 10.7 Å². The molecule has 0 fully saturated rings. The Kier molecular flexibility index (Phi) is 3.12. The largest absolute Gasteiger partial charge is 0.370 e. The summed E-state index contributed by atoms with van der Waals surface area (Å²) in [6.07, 6.45) is 0. The van der Waals surface area contributed by atoms with E-state index in [1.165, 1.54) is 10.7 Å². The van der Waals surface area contributed by atoms with E-state index >= 15 is 0 Å². The first-order chi connectivity index (χ1) is 9.47. The molecule has 0 unspecified atom stereocenters. The van der Waals surface area contributed by atoms with Crippen LogP contribution in [0.3, 0.4) is 0 Å².